The van der Waals surface area contributed by atoms with Gasteiger partial charge in [-0.2, -0.15) is 8.78 Å². The molecule has 0 aliphatic carbocycles. The highest BCUT2D eigenvalue weighted by molar-refractivity contribution is 6.10. The molecule has 3 aromatic rings. The van der Waals surface area contributed by atoms with Crippen LogP contribution in [0.3, 0.4) is 0 Å². The largest absolute Gasteiger partial charge is 0.384 e. The molecule has 2 heterocycles. The van der Waals surface area contributed by atoms with Crippen LogP contribution in [0.15, 0.2) is 30.3 Å². The molecule has 0 bridgehead atoms. The lowest BCUT2D eigenvalue weighted by atomic mass is 9.85. The minimum absolute atomic E-state index is 0.00989. The van der Waals surface area contributed by atoms with Crippen LogP contribution >= 0.6 is 0 Å². The summed E-state index contributed by atoms with van der Waals surface area (Å²) in [7, 11) is 1.73. The molecule has 37 heavy (non-hydrogen) atoms. The molecule has 1 aromatic heterocycles. The Bertz CT molecular complexity index is 1400. The molecule has 1 amide bonds. The van der Waals surface area contributed by atoms with Gasteiger partial charge in [-0.05, 0) is 58.4 Å². The first-order valence-corrected chi connectivity index (χ1v) is 12.3. The first kappa shape index (κ1) is 26.9. The number of fused-ring (bicyclic) bond motifs is 2. The smallest absolute Gasteiger partial charge is 0.303 e. The number of aromatic nitrogens is 2. The third-order valence-corrected chi connectivity index (χ3v) is 7.18. The van der Waals surface area contributed by atoms with Crippen molar-refractivity contribution in [1.82, 2.24) is 9.97 Å². The zero-order valence-electron chi connectivity index (χ0n) is 22.4. The summed E-state index contributed by atoms with van der Waals surface area (Å²) in [6, 6.07) is 6.74. The molecule has 0 fully saturated rings. The van der Waals surface area contributed by atoms with Crippen molar-refractivity contribution in [3.63, 3.8) is 0 Å². The summed E-state index contributed by atoms with van der Waals surface area (Å²) in [5.74, 6) is -3.98. The van der Waals surface area contributed by atoms with Crippen LogP contribution in [0.5, 0.6) is 0 Å². The molecular formula is C28H33F3N4O2. The van der Waals surface area contributed by atoms with Crippen molar-refractivity contribution in [3.8, 4) is 0 Å². The van der Waals surface area contributed by atoms with E-state index in [0.29, 0.717) is 22.5 Å². The number of halogens is 3. The molecule has 2 aromatic carbocycles. The highest BCUT2D eigenvalue weighted by Gasteiger charge is 2.49. The molecule has 1 atom stereocenters. The molecule has 4 rings (SSSR count). The third-order valence-electron chi connectivity index (χ3n) is 7.18. The number of nitrogens with zero attached hydrogens (tertiary/aromatic N) is 3. The topological polar surface area (TPSA) is 78.4 Å². The fraction of sp³-hybridized carbons (Fsp3) is 0.464. The number of alkyl halides is 2. The van der Waals surface area contributed by atoms with Gasteiger partial charge in [-0.25, -0.2) is 14.4 Å². The minimum Gasteiger partial charge on any atom is -0.384 e. The maximum Gasteiger partial charge on any atom is 0.303 e. The first-order chi connectivity index (χ1) is 17.0. The van der Waals surface area contributed by atoms with Gasteiger partial charge in [0.15, 0.2) is 0 Å². The van der Waals surface area contributed by atoms with E-state index in [1.807, 2.05) is 39.8 Å². The quantitative estimate of drug-likeness (QED) is 0.411. The van der Waals surface area contributed by atoms with Crippen LogP contribution in [0.4, 0.5) is 24.7 Å². The van der Waals surface area contributed by atoms with E-state index in [1.165, 1.54) is 12.1 Å². The molecule has 0 spiro atoms. The zero-order valence-corrected chi connectivity index (χ0v) is 22.4. The average molecular weight is 515 g/mol. The van der Waals surface area contributed by atoms with E-state index in [2.05, 4.69) is 10.3 Å². The highest BCUT2D eigenvalue weighted by atomic mass is 19.3. The number of rotatable bonds is 6. The molecular weight excluding hydrogens is 481 g/mol. The number of benzene rings is 2. The summed E-state index contributed by atoms with van der Waals surface area (Å²) >= 11 is 0. The van der Waals surface area contributed by atoms with E-state index in [0.717, 1.165) is 31.2 Å². The SMILES string of the molecule is CC(C)c1nc(NC(C)c2cccc(C(F)(F)C(C)(C)O)c2F)c2cc3c(cc2n1)N(C)C(=O)C3(C)C. The maximum absolute atomic E-state index is 15.4. The van der Waals surface area contributed by atoms with Gasteiger partial charge >= 0.3 is 5.92 Å². The number of aliphatic hydroxyl groups is 1. The van der Waals surface area contributed by atoms with Crippen molar-refractivity contribution in [1.29, 1.82) is 0 Å². The minimum atomic E-state index is -3.80. The van der Waals surface area contributed by atoms with Gasteiger partial charge in [-0.15, -0.1) is 0 Å². The molecule has 2 N–H and O–H groups in total. The van der Waals surface area contributed by atoms with E-state index >= 15 is 4.39 Å². The molecule has 0 saturated heterocycles. The van der Waals surface area contributed by atoms with Gasteiger partial charge in [0.2, 0.25) is 5.91 Å². The second-order valence-electron chi connectivity index (χ2n) is 11.2. The van der Waals surface area contributed by atoms with Gasteiger partial charge in [0.25, 0.3) is 0 Å². The van der Waals surface area contributed by atoms with Gasteiger partial charge in [-0.3, -0.25) is 4.79 Å². The first-order valence-electron chi connectivity index (χ1n) is 12.3. The molecule has 1 aliphatic heterocycles. The van der Waals surface area contributed by atoms with Crippen molar-refractivity contribution in [2.24, 2.45) is 0 Å². The number of hydrogen-bond donors (Lipinski definition) is 2. The van der Waals surface area contributed by atoms with E-state index in [9.17, 15) is 18.7 Å². The Balaban J connectivity index is 1.84. The molecule has 0 radical (unpaired) electrons. The highest BCUT2D eigenvalue weighted by Crippen LogP contribution is 2.44. The van der Waals surface area contributed by atoms with E-state index in [1.54, 1.807) is 18.9 Å². The Labute approximate surface area is 214 Å². The second kappa shape index (κ2) is 8.68. The summed E-state index contributed by atoms with van der Waals surface area (Å²) in [4.78, 5) is 23.9. The Hall–Kier alpha value is -3.20. The van der Waals surface area contributed by atoms with E-state index in [4.69, 9.17) is 4.98 Å². The van der Waals surface area contributed by atoms with Crippen LogP contribution < -0.4 is 10.2 Å². The van der Waals surface area contributed by atoms with Gasteiger partial charge in [-0.1, -0.05) is 26.0 Å². The maximum atomic E-state index is 15.4. The lowest BCUT2D eigenvalue weighted by molar-refractivity contribution is -0.170. The number of amides is 1. The molecule has 1 aliphatic rings. The van der Waals surface area contributed by atoms with Crippen molar-refractivity contribution in [3.05, 3.63) is 58.7 Å². The Morgan fingerprint density at radius 1 is 1.11 bits per heavy atom. The average Bonchev–Trinajstić information content (AvgIpc) is 2.96. The number of nitrogens with one attached hydrogen (secondary N) is 1. The molecule has 6 nitrogen and oxygen atoms in total. The van der Waals surface area contributed by atoms with Crippen LogP contribution in [0.1, 0.15) is 82.9 Å². The molecule has 0 saturated carbocycles. The monoisotopic (exact) mass is 514 g/mol. The number of likely N-dealkylation sites (N-methyl/N-ethyl adjacent to an activating group) is 1. The van der Waals surface area contributed by atoms with Crippen LogP contribution in [0, 0.1) is 5.82 Å². The fourth-order valence-electron chi connectivity index (χ4n) is 4.71. The van der Waals surface area contributed by atoms with Crippen molar-refractivity contribution < 1.29 is 23.1 Å². The Morgan fingerprint density at radius 2 is 1.76 bits per heavy atom. The summed E-state index contributed by atoms with van der Waals surface area (Å²) in [6.45, 7) is 11.2. The second-order valence-corrected chi connectivity index (χ2v) is 11.2. The van der Waals surface area contributed by atoms with E-state index < -0.39 is 34.4 Å². The molecule has 198 valence electrons. The van der Waals surface area contributed by atoms with Gasteiger partial charge in [0.1, 0.15) is 23.1 Å². The number of anilines is 2. The van der Waals surface area contributed by atoms with Crippen LogP contribution in [-0.4, -0.2) is 33.6 Å². The van der Waals surface area contributed by atoms with Gasteiger partial charge in [0, 0.05) is 29.6 Å². The summed E-state index contributed by atoms with van der Waals surface area (Å²) in [5, 5.41) is 13.8. The molecule has 1 unspecified atom stereocenters. The normalized spacial score (nSPS) is 16.5. The molecule has 9 heteroatoms. The van der Waals surface area contributed by atoms with Crippen molar-refractivity contribution in [2.45, 2.75) is 77.4 Å². The number of hydrogen-bond acceptors (Lipinski definition) is 5. The zero-order chi connectivity index (χ0) is 27.7. The third kappa shape index (κ3) is 4.23. The van der Waals surface area contributed by atoms with Gasteiger partial charge < -0.3 is 15.3 Å². The summed E-state index contributed by atoms with van der Waals surface area (Å²) in [6.07, 6.45) is 0. The fourth-order valence-corrected chi connectivity index (χ4v) is 4.71. The van der Waals surface area contributed by atoms with Crippen LogP contribution in [0.2, 0.25) is 0 Å². The number of carbonyl (C=O) groups is 1. The predicted octanol–water partition coefficient (Wildman–Crippen LogP) is 6.18. The van der Waals surface area contributed by atoms with Gasteiger partial charge in [0.05, 0.1) is 22.5 Å². The van der Waals surface area contributed by atoms with E-state index in [-0.39, 0.29) is 17.4 Å². The lowest BCUT2D eigenvalue weighted by Crippen LogP contribution is -2.41. The summed E-state index contributed by atoms with van der Waals surface area (Å²) in [5.41, 5.74) is -1.85. The summed E-state index contributed by atoms with van der Waals surface area (Å²) < 4.78 is 45.1. The van der Waals surface area contributed by atoms with Crippen LogP contribution in [0.25, 0.3) is 10.9 Å². The Kier molecular flexibility index (Phi) is 6.30. The number of carbonyl (C=O) groups excluding carboxylic acids is 1. The predicted molar refractivity (Wildman–Crippen MR) is 139 cm³/mol. The van der Waals surface area contributed by atoms with Crippen molar-refractivity contribution >= 4 is 28.3 Å². The lowest BCUT2D eigenvalue weighted by Gasteiger charge is -2.30. The Morgan fingerprint density at radius 3 is 2.35 bits per heavy atom. The van der Waals surface area contributed by atoms with Crippen molar-refractivity contribution in [2.75, 3.05) is 17.3 Å². The van der Waals surface area contributed by atoms with Crippen LogP contribution in [-0.2, 0) is 16.1 Å². The standard InChI is InChI=1S/C28H33F3N4O2/c1-14(2)23-33-20-13-21-19(26(4,5)25(36)35(21)8)12-17(20)24(34-23)32-15(3)16-10-9-11-18(22(16)29)28(30,31)27(6,7)37/h9-15,37H,1-8H3,(H,32,33,34).